The summed E-state index contributed by atoms with van der Waals surface area (Å²) in [4.78, 5) is 26.5. The quantitative estimate of drug-likeness (QED) is 0.773. The molecule has 0 saturated carbocycles. The van der Waals surface area contributed by atoms with Gasteiger partial charge in [-0.2, -0.15) is 0 Å². The molecular weight excluding hydrogens is 334 g/mol. The van der Waals surface area contributed by atoms with E-state index >= 15 is 0 Å². The van der Waals surface area contributed by atoms with Gasteiger partial charge in [-0.05, 0) is 51.9 Å². The number of likely N-dealkylation sites (tertiary alicyclic amines) is 1. The number of carbonyl (C=O) groups excluding carboxylic acids is 2. The number of ether oxygens (including phenoxy) is 2. The molecule has 0 unspecified atom stereocenters. The number of benzene rings is 1. The molecule has 1 saturated heterocycles. The molecule has 1 aliphatic rings. The lowest BCUT2D eigenvalue weighted by atomic mass is 9.95. The lowest BCUT2D eigenvalue weighted by molar-refractivity contribution is -0.127. The highest BCUT2D eigenvalue weighted by Crippen LogP contribution is 2.29. The van der Waals surface area contributed by atoms with Crippen LogP contribution in [0.1, 0.15) is 26.7 Å². The minimum Gasteiger partial charge on any atom is -0.497 e. The molecule has 1 aliphatic heterocycles. The fourth-order valence-electron chi connectivity index (χ4n) is 3.06. The van der Waals surface area contributed by atoms with Crippen LogP contribution in [0.15, 0.2) is 18.2 Å². The largest absolute Gasteiger partial charge is 0.497 e. The number of rotatable bonds is 7. The maximum absolute atomic E-state index is 12.4. The van der Waals surface area contributed by atoms with E-state index in [1.54, 1.807) is 32.4 Å². The van der Waals surface area contributed by atoms with Gasteiger partial charge in [-0.25, -0.2) is 0 Å². The molecule has 1 heterocycles. The summed E-state index contributed by atoms with van der Waals surface area (Å²) in [5, 5.41) is 5.84. The Morgan fingerprint density at radius 2 is 1.88 bits per heavy atom. The first kappa shape index (κ1) is 20.0. The minimum absolute atomic E-state index is 0.0372. The Hall–Kier alpha value is -2.28. The van der Waals surface area contributed by atoms with Crippen LogP contribution < -0.4 is 20.1 Å². The van der Waals surface area contributed by atoms with Gasteiger partial charge < -0.3 is 20.1 Å². The van der Waals surface area contributed by atoms with Crippen LogP contribution in [0.3, 0.4) is 0 Å². The van der Waals surface area contributed by atoms with E-state index in [9.17, 15) is 9.59 Å². The second-order valence-electron chi connectivity index (χ2n) is 6.83. The van der Waals surface area contributed by atoms with E-state index in [0.29, 0.717) is 23.7 Å². The van der Waals surface area contributed by atoms with Crippen molar-refractivity contribution in [2.24, 2.45) is 5.92 Å². The molecule has 1 aromatic rings. The van der Waals surface area contributed by atoms with Gasteiger partial charge in [-0.3, -0.25) is 14.5 Å². The van der Waals surface area contributed by atoms with Crippen LogP contribution in [-0.2, 0) is 9.59 Å². The fourth-order valence-corrected chi connectivity index (χ4v) is 3.06. The predicted molar refractivity (Wildman–Crippen MR) is 101 cm³/mol. The Balaban J connectivity index is 1.85. The first-order chi connectivity index (χ1) is 12.4. The Morgan fingerprint density at radius 1 is 1.19 bits per heavy atom. The van der Waals surface area contributed by atoms with E-state index in [1.165, 1.54) is 0 Å². The highest BCUT2D eigenvalue weighted by atomic mass is 16.5. The summed E-state index contributed by atoms with van der Waals surface area (Å²) in [6.07, 6.45) is 1.54. The van der Waals surface area contributed by atoms with Crippen LogP contribution in [0.4, 0.5) is 5.69 Å². The number of carbonyl (C=O) groups is 2. The molecule has 26 heavy (non-hydrogen) atoms. The van der Waals surface area contributed by atoms with Crippen LogP contribution in [0, 0.1) is 5.92 Å². The Kier molecular flexibility index (Phi) is 7.26. The maximum atomic E-state index is 12.4. The minimum atomic E-state index is -0.110. The highest BCUT2D eigenvalue weighted by Gasteiger charge is 2.26. The van der Waals surface area contributed by atoms with Gasteiger partial charge in [0.05, 0.1) is 26.5 Å². The van der Waals surface area contributed by atoms with Crippen molar-refractivity contribution >= 4 is 17.5 Å². The van der Waals surface area contributed by atoms with Gasteiger partial charge in [0.15, 0.2) is 0 Å². The number of amides is 2. The van der Waals surface area contributed by atoms with Crippen LogP contribution in [0.2, 0.25) is 0 Å². The molecule has 0 aliphatic carbocycles. The first-order valence-corrected chi connectivity index (χ1v) is 8.97. The van der Waals surface area contributed by atoms with Gasteiger partial charge in [-0.1, -0.05) is 0 Å². The number of hydrogen-bond donors (Lipinski definition) is 2. The van der Waals surface area contributed by atoms with Crippen LogP contribution in [0.5, 0.6) is 11.5 Å². The summed E-state index contributed by atoms with van der Waals surface area (Å²) in [5.74, 6) is 1.28. The second kappa shape index (κ2) is 9.43. The number of nitrogens with zero attached hydrogens (tertiary/aromatic N) is 1. The van der Waals surface area contributed by atoms with Crippen LogP contribution in [-0.4, -0.2) is 56.6 Å². The van der Waals surface area contributed by atoms with Crippen molar-refractivity contribution in [2.75, 3.05) is 39.2 Å². The fraction of sp³-hybridized carbons (Fsp3) is 0.579. The molecule has 0 aromatic heterocycles. The van der Waals surface area contributed by atoms with E-state index in [-0.39, 0.29) is 23.8 Å². The molecular formula is C19H29N3O4. The monoisotopic (exact) mass is 363 g/mol. The van der Waals surface area contributed by atoms with E-state index in [2.05, 4.69) is 15.5 Å². The lowest BCUT2D eigenvalue weighted by Gasteiger charge is -2.31. The maximum Gasteiger partial charge on any atom is 0.238 e. The zero-order valence-corrected chi connectivity index (χ0v) is 16.0. The molecule has 7 heteroatoms. The zero-order chi connectivity index (χ0) is 19.1. The second-order valence-corrected chi connectivity index (χ2v) is 6.83. The summed E-state index contributed by atoms with van der Waals surface area (Å²) < 4.78 is 10.5. The number of methoxy groups -OCH3 is 2. The van der Waals surface area contributed by atoms with Gasteiger partial charge in [0, 0.05) is 18.0 Å². The number of piperidine rings is 1. The lowest BCUT2D eigenvalue weighted by Crippen LogP contribution is -2.44. The Bertz CT molecular complexity index is 625. The van der Waals surface area contributed by atoms with E-state index in [4.69, 9.17) is 9.47 Å². The van der Waals surface area contributed by atoms with E-state index in [1.807, 2.05) is 13.8 Å². The van der Waals surface area contributed by atoms with Gasteiger partial charge in [0.25, 0.3) is 0 Å². The van der Waals surface area contributed by atoms with Crippen molar-refractivity contribution in [1.29, 1.82) is 0 Å². The number of nitrogens with one attached hydrogen (secondary N) is 2. The molecule has 2 rings (SSSR count). The molecule has 144 valence electrons. The third kappa shape index (κ3) is 5.62. The first-order valence-electron chi connectivity index (χ1n) is 8.97. The van der Waals surface area contributed by atoms with Gasteiger partial charge in [-0.15, -0.1) is 0 Å². The van der Waals surface area contributed by atoms with Crippen LogP contribution >= 0.6 is 0 Å². The SMILES string of the molecule is COc1ccc(OC)c(NC(=O)CN2CCC(C(=O)NC(C)C)CC2)c1. The normalized spacial score (nSPS) is 15.6. The third-order valence-corrected chi connectivity index (χ3v) is 4.44. The molecule has 7 nitrogen and oxygen atoms in total. The number of anilines is 1. The van der Waals surface area contributed by atoms with Crippen molar-refractivity contribution in [3.63, 3.8) is 0 Å². The van der Waals surface area contributed by atoms with Crippen molar-refractivity contribution in [2.45, 2.75) is 32.7 Å². The topological polar surface area (TPSA) is 79.9 Å². The average molecular weight is 363 g/mol. The third-order valence-electron chi connectivity index (χ3n) is 4.44. The molecule has 1 fully saturated rings. The molecule has 0 atom stereocenters. The molecule has 0 bridgehead atoms. The van der Waals surface area contributed by atoms with Crippen molar-refractivity contribution in [3.8, 4) is 11.5 Å². The Labute approximate surface area is 155 Å². The van der Waals surface area contributed by atoms with Crippen molar-refractivity contribution < 1.29 is 19.1 Å². The van der Waals surface area contributed by atoms with Gasteiger partial charge in [0.1, 0.15) is 11.5 Å². The van der Waals surface area contributed by atoms with E-state index in [0.717, 1.165) is 25.9 Å². The molecule has 2 amide bonds. The molecule has 0 radical (unpaired) electrons. The smallest absolute Gasteiger partial charge is 0.238 e. The Morgan fingerprint density at radius 3 is 2.46 bits per heavy atom. The van der Waals surface area contributed by atoms with Crippen molar-refractivity contribution in [3.05, 3.63) is 18.2 Å². The van der Waals surface area contributed by atoms with Crippen molar-refractivity contribution in [1.82, 2.24) is 10.2 Å². The van der Waals surface area contributed by atoms with Gasteiger partial charge >= 0.3 is 0 Å². The summed E-state index contributed by atoms with van der Waals surface area (Å²) in [5.41, 5.74) is 0.586. The molecule has 2 N–H and O–H groups in total. The summed E-state index contributed by atoms with van der Waals surface area (Å²) in [6, 6.07) is 5.43. The van der Waals surface area contributed by atoms with Gasteiger partial charge in [0.2, 0.25) is 11.8 Å². The summed E-state index contributed by atoms with van der Waals surface area (Å²) in [7, 11) is 3.14. The van der Waals surface area contributed by atoms with Crippen LogP contribution in [0.25, 0.3) is 0 Å². The zero-order valence-electron chi connectivity index (χ0n) is 16.0. The summed E-state index contributed by atoms with van der Waals surface area (Å²) >= 11 is 0. The molecule has 0 spiro atoms. The predicted octanol–water partition coefficient (Wildman–Crippen LogP) is 1.88. The molecule has 1 aromatic carbocycles. The van der Waals surface area contributed by atoms with E-state index < -0.39 is 0 Å². The average Bonchev–Trinajstić information content (AvgIpc) is 2.61. The number of hydrogen-bond acceptors (Lipinski definition) is 5. The summed E-state index contributed by atoms with van der Waals surface area (Å²) in [6.45, 7) is 5.69. The standard InChI is InChI=1S/C19H29N3O4/c1-13(2)20-19(24)14-7-9-22(10-8-14)12-18(23)21-16-11-15(25-3)5-6-17(16)26-4/h5-6,11,13-14H,7-10,12H2,1-4H3,(H,20,24)(H,21,23). The highest BCUT2D eigenvalue weighted by molar-refractivity contribution is 5.94.